The van der Waals surface area contributed by atoms with E-state index in [9.17, 15) is 0 Å². The van der Waals surface area contributed by atoms with E-state index in [0.717, 1.165) is 15.7 Å². The van der Waals surface area contributed by atoms with Crippen molar-refractivity contribution in [3.63, 3.8) is 0 Å². The fraction of sp³-hybridized carbons (Fsp3) is 0.357. The van der Waals surface area contributed by atoms with Gasteiger partial charge in [0.05, 0.1) is 5.01 Å². The zero-order chi connectivity index (χ0) is 12.7. The molecule has 0 atom stereocenters. The van der Waals surface area contributed by atoms with Gasteiger partial charge in [-0.05, 0) is 56.9 Å². The number of anilines is 1. The Balaban J connectivity index is 2.79. The van der Waals surface area contributed by atoms with Gasteiger partial charge in [-0.25, -0.2) is 4.98 Å². The minimum atomic E-state index is 0.818. The number of aromatic nitrogens is 1. The van der Waals surface area contributed by atoms with Crippen molar-refractivity contribution in [2.75, 3.05) is 5.73 Å². The third-order valence-corrected chi connectivity index (χ3v) is 4.16. The first-order valence-electron chi connectivity index (χ1n) is 5.72. The first-order valence-corrected chi connectivity index (χ1v) is 6.54. The SMILES string of the molecule is Cc1nc(-c2c(C)c(C)cc(C)c2C)c(N)s1. The van der Waals surface area contributed by atoms with E-state index in [2.05, 4.69) is 38.7 Å². The van der Waals surface area contributed by atoms with Gasteiger partial charge in [0.15, 0.2) is 0 Å². The van der Waals surface area contributed by atoms with Crippen LogP contribution in [0.25, 0.3) is 11.3 Å². The second kappa shape index (κ2) is 4.15. The Kier molecular flexibility index (Phi) is 2.96. The van der Waals surface area contributed by atoms with Crippen LogP contribution in [-0.4, -0.2) is 4.98 Å². The Hall–Kier alpha value is -1.35. The minimum Gasteiger partial charge on any atom is -0.389 e. The summed E-state index contributed by atoms with van der Waals surface area (Å²) in [6.07, 6.45) is 0. The number of benzene rings is 1. The highest BCUT2D eigenvalue weighted by Crippen LogP contribution is 2.36. The highest BCUT2D eigenvalue weighted by Gasteiger charge is 2.16. The Labute approximate surface area is 107 Å². The molecule has 0 bridgehead atoms. The van der Waals surface area contributed by atoms with Crippen molar-refractivity contribution in [3.8, 4) is 11.3 Å². The lowest BCUT2D eigenvalue weighted by molar-refractivity contribution is 1.21. The molecule has 0 saturated heterocycles. The van der Waals surface area contributed by atoms with Crippen LogP contribution in [0.4, 0.5) is 5.00 Å². The van der Waals surface area contributed by atoms with E-state index in [1.165, 1.54) is 27.8 Å². The molecule has 2 nitrogen and oxygen atoms in total. The van der Waals surface area contributed by atoms with E-state index in [4.69, 9.17) is 5.73 Å². The Morgan fingerprint density at radius 3 is 1.94 bits per heavy atom. The third-order valence-electron chi connectivity index (χ3n) is 3.36. The minimum absolute atomic E-state index is 0.818. The molecule has 1 aromatic heterocycles. The number of thiazole rings is 1. The van der Waals surface area contributed by atoms with Crippen LogP contribution in [0.1, 0.15) is 27.3 Å². The van der Waals surface area contributed by atoms with Crippen molar-refractivity contribution < 1.29 is 0 Å². The largest absolute Gasteiger partial charge is 0.389 e. The van der Waals surface area contributed by atoms with Gasteiger partial charge in [0.25, 0.3) is 0 Å². The van der Waals surface area contributed by atoms with Crippen molar-refractivity contribution in [2.24, 2.45) is 0 Å². The van der Waals surface area contributed by atoms with Crippen molar-refractivity contribution >= 4 is 16.3 Å². The number of nitrogens with zero attached hydrogens (tertiary/aromatic N) is 1. The van der Waals surface area contributed by atoms with Crippen LogP contribution < -0.4 is 5.73 Å². The normalized spacial score (nSPS) is 10.9. The smallest absolute Gasteiger partial charge is 0.114 e. The molecule has 1 aromatic carbocycles. The van der Waals surface area contributed by atoms with Crippen LogP contribution in [0, 0.1) is 34.6 Å². The van der Waals surface area contributed by atoms with Crippen LogP contribution in [0.2, 0.25) is 0 Å². The van der Waals surface area contributed by atoms with Crippen molar-refractivity contribution in [2.45, 2.75) is 34.6 Å². The summed E-state index contributed by atoms with van der Waals surface area (Å²) in [5.74, 6) is 0. The van der Waals surface area contributed by atoms with Gasteiger partial charge >= 0.3 is 0 Å². The maximum Gasteiger partial charge on any atom is 0.114 e. The summed E-state index contributed by atoms with van der Waals surface area (Å²) >= 11 is 1.56. The molecule has 2 rings (SSSR count). The Morgan fingerprint density at radius 2 is 1.53 bits per heavy atom. The summed E-state index contributed by atoms with van der Waals surface area (Å²) in [7, 11) is 0. The van der Waals surface area contributed by atoms with Gasteiger partial charge in [0.2, 0.25) is 0 Å². The maximum atomic E-state index is 6.07. The van der Waals surface area contributed by atoms with Gasteiger partial charge < -0.3 is 5.73 Å². The molecule has 0 aliphatic rings. The van der Waals surface area contributed by atoms with Crippen molar-refractivity contribution in [1.29, 1.82) is 0 Å². The lowest BCUT2D eigenvalue weighted by Gasteiger charge is -2.14. The van der Waals surface area contributed by atoms with Crippen LogP contribution in [-0.2, 0) is 0 Å². The van der Waals surface area contributed by atoms with Gasteiger partial charge in [-0.2, -0.15) is 0 Å². The molecule has 17 heavy (non-hydrogen) atoms. The lowest BCUT2D eigenvalue weighted by atomic mass is 9.92. The molecule has 2 N–H and O–H groups in total. The van der Waals surface area contributed by atoms with Gasteiger partial charge in [-0.1, -0.05) is 6.07 Å². The molecule has 0 radical (unpaired) electrons. The molecule has 0 aliphatic carbocycles. The van der Waals surface area contributed by atoms with Gasteiger partial charge in [0, 0.05) is 5.56 Å². The average Bonchev–Trinajstić information content (AvgIpc) is 2.56. The van der Waals surface area contributed by atoms with Crippen LogP contribution in [0.15, 0.2) is 6.07 Å². The lowest BCUT2D eigenvalue weighted by Crippen LogP contribution is -1.97. The third kappa shape index (κ3) is 1.95. The van der Waals surface area contributed by atoms with Gasteiger partial charge in [-0.15, -0.1) is 11.3 Å². The van der Waals surface area contributed by atoms with E-state index < -0.39 is 0 Å². The molecule has 90 valence electrons. The summed E-state index contributed by atoms with van der Waals surface area (Å²) in [6, 6.07) is 2.23. The van der Waals surface area contributed by atoms with Gasteiger partial charge in [-0.3, -0.25) is 0 Å². The highest BCUT2D eigenvalue weighted by molar-refractivity contribution is 7.16. The Bertz CT molecular complexity index is 556. The highest BCUT2D eigenvalue weighted by atomic mass is 32.1. The van der Waals surface area contributed by atoms with E-state index >= 15 is 0 Å². The van der Waals surface area contributed by atoms with E-state index in [0.29, 0.717) is 0 Å². The predicted molar refractivity (Wildman–Crippen MR) is 75.6 cm³/mol. The second-order valence-electron chi connectivity index (χ2n) is 4.58. The topological polar surface area (TPSA) is 38.9 Å². The maximum absolute atomic E-state index is 6.07. The Morgan fingerprint density at radius 1 is 1.00 bits per heavy atom. The van der Waals surface area contributed by atoms with Gasteiger partial charge in [0.1, 0.15) is 10.7 Å². The standard InChI is InChI=1S/C14H18N2S/c1-7-6-8(2)10(4)12(9(7)3)13-14(15)17-11(5)16-13/h6H,15H2,1-5H3. The monoisotopic (exact) mass is 246 g/mol. The summed E-state index contributed by atoms with van der Waals surface area (Å²) in [6.45, 7) is 10.6. The number of hydrogen-bond acceptors (Lipinski definition) is 3. The quantitative estimate of drug-likeness (QED) is 0.828. The number of rotatable bonds is 1. The zero-order valence-corrected chi connectivity index (χ0v) is 11.8. The molecule has 0 amide bonds. The summed E-state index contributed by atoms with van der Waals surface area (Å²) in [5, 5.41) is 1.84. The number of nitrogens with two attached hydrogens (primary N) is 1. The molecule has 0 saturated carbocycles. The average molecular weight is 246 g/mol. The summed E-state index contributed by atoms with van der Waals surface area (Å²) in [5.41, 5.74) is 13.4. The summed E-state index contributed by atoms with van der Waals surface area (Å²) in [4.78, 5) is 4.58. The number of aryl methyl sites for hydroxylation is 3. The molecular formula is C14H18N2S. The van der Waals surface area contributed by atoms with Crippen LogP contribution in [0.3, 0.4) is 0 Å². The van der Waals surface area contributed by atoms with Crippen LogP contribution >= 0.6 is 11.3 Å². The van der Waals surface area contributed by atoms with E-state index in [1.54, 1.807) is 11.3 Å². The summed E-state index contributed by atoms with van der Waals surface area (Å²) < 4.78 is 0. The number of hydrogen-bond donors (Lipinski definition) is 1. The molecular weight excluding hydrogens is 228 g/mol. The molecule has 0 fully saturated rings. The second-order valence-corrected chi connectivity index (χ2v) is 5.82. The number of nitrogen functional groups attached to an aromatic ring is 1. The molecule has 3 heteroatoms. The van der Waals surface area contributed by atoms with E-state index in [-0.39, 0.29) is 0 Å². The first-order chi connectivity index (χ1) is 7.91. The predicted octanol–water partition coefficient (Wildman–Crippen LogP) is 3.93. The molecule has 1 heterocycles. The van der Waals surface area contributed by atoms with Crippen molar-refractivity contribution in [3.05, 3.63) is 33.3 Å². The molecule has 0 unspecified atom stereocenters. The fourth-order valence-electron chi connectivity index (χ4n) is 2.19. The van der Waals surface area contributed by atoms with E-state index in [1.807, 2.05) is 6.92 Å². The van der Waals surface area contributed by atoms with Crippen molar-refractivity contribution in [1.82, 2.24) is 4.98 Å². The molecule has 0 spiro atoms. The zero-order valence-electron chi connectivity index (χ0n) is 11.0. The van der Waals surface area contributed by atoms with Crippen LogP contribution in [0.5, 0.6) is 0 Å². The molecule has 2 aromatic rings. The molecule has 0 aliphatic heterocycles. The fourth-order valence-corrected chi connectivity index (χ4v) is 2.89. The first kappa shape index (κ1) is 12.1.